The molecule has 9 nitrogen and oxygen atoms in total. The number of benzene rings is 2. The Morgan fingerprint density at radius 1 is 1.17 bits per heavy atom. The number of aromatic amines is 1. The lowest BCUT2D eigenvalue weighted by Crippen LogP contribution is -2.33. The van der Waals surface area contributed by atoms with Gasteiger partial charge in [0.2, 0.25) is 5.88 Å². The molecule has 0 aliphatic carbocycles. The molecule has 0 spiro atoms. The number of halogens is 1. The van der Waals surface area contributed by atoms with Crippen LogP contribution in [0.15, 0.2) is 63.2 Å². The zero-order valence-corrected chi connectivity index (χ0v) is 16.7. The number of hydrogen-bond acceptors (Lipinski definition) is 6. The van der Waals surface area contributed by atoms with E-state index in [1.54, 1.807) is 30.3 Å². The fraction of sp³-hybridized carbons (Fsp3) is 0.100. The maximum Gasteiger partial charge on any atom is 0.335 e. The molecule has 3 rings (SSSR count). The predicted octanol–water partition coefficient (Wildman–Crippen LogP) is 2.05. The van der Waals surface area contributed by atoms with Crippen molar-refractivity contribution in [3.8, 4) is 17.3 Å². The Labute approximate surface area is 175 Å². The van der Waals surface area contributed by atoms with Crippen LogP contribution in [0.3, 0.4) is 0 Å². The molecule has 1 aromatic heterocycles. The summed E-state index contributed by atoms with van der Waals surface area (Å²) in [5.41, 5.74) is 0.789. The van der Waals surface area contributed by atoms with Gasteiger partial charge in [-0.2, -0.15) is 5.10 Å². The van der Waals surface area contributed by atoms with Gasteiger partial charge in [0.1, 0.15) is 11.3 Å². The van der Waals surface area contributed by atoms with E-state index in [1.165, 1.54) is 32.2 Å². The summed E-state index contributed by atoms with van der Waals surface area (Å²) in [6.07, 6.45) is 0. The van der Waals surface area contributed by atoms with E-state index >= 15 is 0 Å². The molecule has 2 aromatic carbocycles. The van der Waals surface area contributed by atoms with Crippen LogP contribution in [0.5, 0.6) is 11.6 Å². The highest BCUT2D eigenvalue weighted by Crippen LogP contribution is 2.20. The minimum Gasteiger partial charge on any atom is -0.497 e. The number of H-pyrrole nitrogens is 1. The van der Waals surface area contributed by atoms with Crippen LogP contribution in [0.4, 0.5) is 0 Å². The van der Waals surface area contributed by atoms with Crippen LogP contribution in [0.2, 0.25) is 5.02 Å². The molecular weight excluding hydrogens is 412 g/mol. The molecule has 10 heteroatoms. The molecule has 3 aromatic rings. The van der Waals surface area contributed by atoms with Gasteiger partial charge in [-0.25, -0.2) is 14.8 Å². The highest BCUT2D eigenvalue weighted by Gasteiger charge is 2.18. The van der Waals surface area contributed by atoms with Gasteiger partial charge in [0, 0.05) is 0 Å². The first-order chi connectivity index (χ1) is 14.3. The lowest BCUT2D eigenvalue weighted by Gasteiger charge is -2.12. The second kappa shape index (κ2) is 8.66. The Balaban J connectivity index is 2.00. The highest BCUT2D eigenvalue weighted by molar-refractivity contribution is 6.33. The van der Waals surface area contributed by atoms with E-state index in [1.807, 2.05) is 0 Å². The summed E-state index contributed by atoms with van der Waals surface area (Å²) in [6, 6.07) is 12.6. The van der Waals surface area contributed by atoms with Crippen molar-refractivity contribution in [2.75, 3.05) is 7.11 Å². The Kier molecular flexibility index (Phi) is 6.03. The summed E-state index contributed by atoms with van der Waals surface area (Å²) in [7, 11) is 1.49. The average Bonchev–Trinajstić information content (AvgIpc) is 2.72. The van der Waals surface area contributed by atoms with Gasteiger partial charge in [0.15, 0.2) is 0 Å². The lowest BCUT2D eigenvalue weighted by atomic mass is 10.2. The molecule has 1 heterocycles. The zero-order valence-electron chi connectivity index (χ0n) is 16.0. The van der Waals surface area contributed by atoms with E-state index < -0.39 is 23.0 Å². The van der Waals surface area contributed by atoms with Crippen molar-refractivity contribution in [2.45, 2.75) is 6.92 Å². The highest BCUT2D eigenvalue weighted by atomic mass is 35.5. The molecule has 0 saturated heterocycles. The van der Waals surface area contributed by atoms with Gasteiger partial charge in [-0.3, -0.25) is 14.6 Å². The predicted molar refractivity (Wildman–Crippen MR) is 112 cm³/mol. The second-order valence-electron chi connectivity index (χ2n) is 6.11. The van der Waals surface area contributed by atoms with Crippen molar-refractivity contribution in [2.24, 2.45) is 5.10 Å². The van der Waals surface area contributed by atoms with E-state index in [2.05, 4.69) is 15.5 Å². The number of nitrogens with one attached hydrogen (secondary N) is 2. The van der Waals surface area contributed by atoms with E-state index in [-0.39, 0.29) is 21.9 Å². The normalized spacial score (nSPS) is 11.2. The number of hydrazone groups is 1. The van der Waals surface area contributed by atoms with Crippen LogP contribution < -0.4 is 21.4 Å². The summed E-state index contributed by atoms with van der Waals surface area (Å²) >= 11 is 5.98. The van der Waals surface area contributed by atoms with Crippen LogP contribution in [0, 0.1) is 0 Å². The summed E-state index contributed by atoms with van der Waals surface area (Å²) < 4.78 is 5.98. The summed E-state index contributed by atoms with van der Waals surface area (Å²) in [4.78, 5) is 38.9. The number of ether oxygens (including phenoxy) is 1. The summed E-state index contributed by atoms with van der Waals surface area (Å²) in [5.74, 6) is -0.669. The number of amides is 1. The smallest absolute Gasteiger partial charge is 0.335 e. The van der Waals surface area contributed by atoms with Crippen LogP contribution in [-0.2, 0) is 0 Å². The van der Waals surface area contributed by atoms with Gasteiger partial charge in [0.05, 0.1) is 29.1 Å². The zero-order chi connectivity index (χ0) is 21.8. The topological polar surface area (TPSA) is 126 Å². The minimum absolute atomic E-state index is 0.0172. The number of hydrogen-bond donors (Lipinski definition) is 3. The number of methoxy groups -OCH3 is 1. The third kappa shape index (κ3) is 4.11. The largest absolute Gasteiger partial charge is 0.497 e. The first-order valence-corrected chi connectivity index (χ1v) is 9.03. The molecule has 1 amide bonds. The average molecular weight is 429 g/mol. The number of nitrogens with zero attached hydrogens (tertiary/aromatic N) is 2. The van der Waals surface area contributed by atoms with Crippen molar-refractivity contribution in [3.05, 3.63) is 85.5 Å². The van der Waals surface area contributed by atoms with Crippen LogP contribution in [-0.4, -0.2) is 33.4 Å². The van der Waals surface area contributed by atoms with E-state index in [0.717, 1.165) is 4.57 Å². The van der Waals surface area contributed by atoms with Gasteiger partial charge in [-0.05, 0) is 43.3 Å². The number of carbonyl (C=O) groups excluding carboxylic acids is 1. The Morgan fingerprint density at radius 3 is 2.47 bits per heavy atom. The monoisotopic (exact) mass is 428 g/mol. The fourth-order valence-electron chi connectivity index (χ4n) is 2.72. The molecule has 0 unspecified atom stereocenters. The van der Waals surface area contributed by atoms with Crippen molar-refractivity contribution < 1.29 is 14.6 Å². The second-order valence-corrected chi connectivity index (χ2v) is 6.52. The maximum absolute atomic E-state index is 12.3. The van der Waals surface area contributed by atoms with Crippen molar-refractivity contribution in [3.63, 3.8) is 0 Å². The first kappa shape index (κ1) is 20.9. The van der Waals surface area contributed by atoms with Crippen LogP contribution >= 0.6 is 11.6 Å². The van der Waals surface area contributed by atoms with Gasteiger partial charge in [-0.1, -0.05) is 23.7 Å². The SMILES string of the molecule is COc1ccc(-n2c(O)c(C(C)=NNC(=O)c3ccccc3Cl)c(=O)[nH]c2=O)cc1. The third-order valence-corrected chi connectivity index (χ3v) is 4.55. The fourth-order valence-corrected chi connectivity index (χ4v) is 2.94. The minimum atomic E-state index is -0.851. The molecule has 0 aliphatic rings. The van der Waals surface area contributed by atoms with Crippen molar-refractivity contribution >= 4 is 23.2 Å². The molecule has 0 radical (unpaired) electrons. The van der Waals surface area contributed by atoms with E-state index in [4.69, 9.17) is 16.3 Å². The Bertz CT molecular complexity index is 1250. The standard InChI is InChI=1S/C20H17ClN4O5/c1-11(23-24-17(26)14-5-3-4-6-15(14)21)16-18(27)22-20(29)25(19(16)28)12-7-9-13(30-2)10-8-12/h3-10,28H,1-2H3,(H,24,26)(H,22,27,29). The maximum atomic E-state index is 12.3. The van der Waals surface area contributed by atoms with Crippen LogP contribution in [0.25, 0.3) is 5.69 Å². The number of carbonyl (C=O) groups is 1. The molecule has 0 bridgehead atoms. The molecule has 3 N–H and O–H groups in total. The molecule has 154 valence electrons. The number of aromatic nitrogens is 2. The first-order valence-electron chi connectivity index (χ1n) is 8.65. The van der Waals surface area contributed by atoms with Gasteiger partial charge in [-0.15, -0.1) is 0 Å². The third-order valence-electron chi connectivity index (χ3n) is 4.22. The summed E-state index contributed by atoms with van der Waals surface area (Å²) in [6.45, 7) is 1.40. The number of rotatable bonds is 5. The van der Waals surface area contributed by atoms with Gasteiger partial charge >= 0.3 is 5.69 Å². The van der Waals surface area contributed by atoms with Crippen LogP contribution in [0.1, 0.15) is 22.8 Å². The van der Waals surface area contributed by atoms with E-state index in [9.17, 15) is 19.5 Å². The molecule has 0 fully saturated rings. The Morgan fingerprint density at radius 2 is 1.83 bits per heavy atom. The summed E-state index contributed by atoms with van der Waals surface area (Å²) in [5, 5.41) is 14.7. The molecule has 0 aliphatic heterocycles. The van der Waals surface area contributed by atoms with Gasteiger partial charge < -0.3 is 9.84 Å². The van der Waals surface area contributed by atoms with E-state index in [0.29, 0.717) is 11.4 Å². The molecule has 0 saturated carbocycles. The number of aromatic hydroxyl groups is 1. The van der Waals surface area contributed by atoms with Crippen molar-refractivity contribution in [1.29, 1.82) is 0 Å². The quantitative estimate of drug-likeness (QED) is 0.423. The van der Waals surface area contributed by atoms with Crippen molar-refractivity contribution in [1.82, 2.24) is 15.0 Å². The molecule has 30 heavy (non-hydrogen) atoms. The lowest BCUT2D eigenvalue weighted by molar-refractivity contribution is 0.0955. The molecule has 0 atom stereocenters. The van der Waals surface area contributed by atoms with Gasteiger partial charge in [0.25, 0.3) is 11.5 Å². The molecular formula is C20H17ClN4O5. The Hall–Kier alpha value is -3.85.